The van der Waals surface area contributed by atoms with Crippen LogP contribution >= 0.6 is 11.3 Å². The van der Waals surface area contributed by atoms with E-state index in [1.165, 1.54) is 29.5 Å². The summed E-state index contributed by atoms with van der Waals surface area (Å²) in [7, 11) is 3.20. The fraction of sp³-hybridized carbons (Fsp3) is 0.0882. The third-order valence-electron chi connectivity index (χ3n) is 7.34. The molecule has 0 aliphatic carbocycles. The number of nitro groups is 1. The summed E-state index contributed by atoms with van der Waals surface area (Å²) in [5.41, 5.74) is 7.23. The number of thiazole rings is 1. The van der Waals surface area contributed by atoms with Crippen LogP contribution < -0.4 is 14.9 Å². The molecule has 0 unspecified atom stereocenters. The Bertz CT molecular complexity index is 2110. The second kappa shape index (κ2) is 13.9. The van der Waals surface area contributed by atoms with Gasteiger partial charge in [-0.25, -0.2) is 14.5 Å². The van der Waals surface area contributed by atoms with Crippen molar-refractivity contribution in [3.05, 3.63) is 119 Å². The van der Waals surface area contributed by atoms with E-state index in [-0.39, 0.29) is 23.4 Å². The van der Waals surface area contributed by atoms with Gasteiger partial charge in [-0.3, -0.25) is 15.5 Å². The molecule has 0 aliphatic rings. The number of carboxylic acids is 1. The average Bonchev–Trinajstić information content (AvgIpc) is 3.79. The summed E-state index contributed by atoms with van der Waals surface area (Å²) in [4.78, 5) is 28.5. The number of hydrogen-bond donors (Lipinski definition) is 2. The van der Waals surface area contributed by atoms with Crippen LogP contribution in [0, 0.1) is 10.1 Å². The highest BCUT2D eigenvalue weighted by Crippen LogP contribution is 2.40. The molecular weight excluding hydrogens is 634 g/mol. The molecule has 0 fully saturated rings. The van der Waals surface area contributed by atoms with E-state index in [0.29, 0.717) is 22.3 Å². The van der Waals surface area contributed by atoms with Gasteiger partial charge in [-0.1, -0.05) is 46.9 Å². The van der Waals surface area contributed by atoms with E-state index in [0.717, 1.165) is 33.0 Å². The number of ether oxygens (including phenoxy) is 2. The number of aliphatic carboxylic acids is 1. The van der Waals surface area contributed by atoms with E-state index in [4.69, 9.17) is 14.5 Å². The number of hydrazone groups is 1. The van der Waals surface area contributed by atoms with Crippen molar-refractivity contribution >= 4 is 33.8 Å². The minimum absolute atomic E-state index is 0.184. The maximum Gasteiger partial charge on any atom is 0.352 e. The van der Waals surface area contributed by atoms with Gasteiger partial charge >= 0.3 is 5.97 Å². The molecule has 240 valence electrons. The summed E-state index contributed by atoms with van der Waals surface area (Å²) in [6.07, 6.45) is 1.59. The number of carboxylic acid groups (broad SMARTS) is 1. The second-order valence-corrected chi connectivity index (χ2v) is 11.3. The number of aromatic nitrogens is 4. The van der Waals surface area contributed by atoms with Gasteiger partial charge in [-0.2, -0.15) is 5.10 Å². The predicted octanol–water partition coefficient (Wildman–Crippen LogP) is 6.75. The average molecular weight is 662 g/mol. The summed E-state index contributed by atoms with van der Waals surface area (Å²) < 4.78 is 12.2. The van der Waals surface area contributed by atoms with Gasteiger partial charge in [-0.05, 0) is 66.2 Å². The van der Waals surface area contributed by atoms with Crippen LogP contribution in [-0.2, 0) is 11.2 Å². The van der Waals surface area contributed by atoms with Gasteiger partial charge in [0.25, 0.3) is 5.69 Å². The van der Waals surface area contributed by atoms with Crippen LogP contribution in [0.4, 0.5) is 10.8 Å². The lowest BCUT2D eigenvalue weighted by molar-refractivity contribution is -0.385. The number of nitro benzene ring substituents is 1. The molecule has 6 rings (SSSR count). The number of para-hydroxylation sites is 1. The minimum Gasteiger partial charge on any atom is -0.497 e. The van der Waals surface area contributed by atoms with Gasteiger partial charge in [0.1, 0.15) is 22.9 Å². The van der Waals surface area contributed by atoms with Gasteiger partial charge in [-0.15, -0.1) is 5.10 Å². The molecule has 0 amide bonds. The minimum atomic E-state index is -1.31. The van der Waals surface area contributed by atoms with Crippen LogP contribution in [0.15, 0.2) is 108 Å². The van der Waals surface area contributed by atoms with Crippen molar-refractivity contribution in [1.82, 2.24) is 20.0 Å². The first-order valence-electron chi connectivity index (χ1n) is 14.4. The first-order valence-corrected chi connectivity index (χ1v) is 15.3. The van der Waals surface area contributed by atoms with E-state index in [2.05, 4.69) is 20.8 Å². The zero-order valence-electron chi connectivity index (χ0n) is 25.6. The van der Waals surface area contributed by atoms with Gasteiger partial charge < -0.3 is 14.6 Å². The first kappa shape index (κ1) is 31.6. The van der Waals surface area contributed by atoms with E-state index in [1.54, 1.807) is 25.0 Å². The molecule has 0 saturated carbocycles. The van der Waals surface area contributed by atoms with Crippen molar-refractivity contribution in [1.29, 1.82) is 0 Å². The van der Waals surface area contributed by atoms with E-state index in [9.17, 15) is 20.0 Å². The molecule has 48 heavy (non-hydrogen) atoms. The molecule has 0 saturated heterocycles. The van der Waals surface area contributed by atoms with E-state index in [1.807, 2.05) is 79.0 Å². The molecule has 0 aliphatic heterocycles. The zero-order chi connectivity index (χ0) is 33.6. The number of methoxy groups -OCH3 is 2. The number of anilines is 1. The Balaban J connectivity index is 1.30. The highest BCUT2D eigenvalue weighted by atomic mass is 32.1. The number of nitrogens with one attached hydrogen (secondary N) is 1. The van der Waals surface area contributed by atoms with Crippen LogP contribution in [0.2, 0.25) is 0 Å². The van der Waals surface area contributed by atoms with Crippen molar-refractivity contribution in [3.63, 3.8) is 0 Å². The van der Waals surface area contributed by atoms with Crippen LogP contribution in [-0.4, -0.2) is 55.9 Å². The molecule has 2 heterocycles. The van der Waals surface area contributed by atoms with E-state index >= 15 is 0 Å². The topological polar surface area (TPSA) is 167 Å². The number of rotatable bonds is 12. The highest BCUT2D eigenvalue weighted by Gasteiger charge is 2.20. The summed E-state index contributed by atoms with van der Waals surface area (Å²) in [5.74, 6) is 0.127. The molecule has 2 N–H and O–H groups in total. The van der Waals surface area contributed by atoms with Crippen LogP contribution in [0.1, 0.15) is 5.56 Å². The third-order valence-corrected chi connectivity index (χ3v) is 8.35. The Labute approximate surface area is 277 Å². The van der Waals surface area contributed by atoms with Gasteiger partial charge in [0.15, 0.2) is 0 Å². The van der Waals surface area contributed by atoms with Crippen molar-refractivity contribution in [2.45, 2.75) is 6.42 Å². The third kappa shape index (κ3) is 6.88. The molecule has 0 atom stereocenters. The quantitative estimate of drug-likeness (QED) is 0.0814. The normalized spacial score (nSPS) is 11.2. The number of nitrogens with zero attached hydrogens (tertiary/aromatic N) is 6. The molecule has 2 aromatic heterocycles. The zero-order valence-corrected chi connectivity index (χ0v) is 26.4. The fourth-order valence-electron chi connectivity index (χ4n) is 4.85. The molecule has 0 radical (unpaired) electrons. The molecule has 13 nitrogen and oxygen atoms in total. The molecule has 14 heteroatoms. The molecule has 4 aromatic carbocycles. The fourth-order valence-corrected chi connectivity index (χ4v) is 5.79. The number of carbonyl (C=O) groups is 1. The first-order chi connectivity index (χ1) is 23.3. The van der Waals surface area contributed by atoms with Gasteiger partial charge in [0.2, 0.25) is 5.13 Å². The standard InChI is InChI=1S/C34H27N7O6S/c1-46-26-15-9-21(10-16-26)29-20-40(39-37-29)25-13-7-23(8-14-25)32-31(22-11-17-27(47-2)18-12-22)35-34(48-32)38-36-28(33(42)43)19-24-5-3-4-6-30(24)41(44)45/h3-18,20H,19H2,1-2H3,(H,35,38)(H,42,43). The molecular formula is C34H27N7O6S. The number of hydrogen-bond acceptors (Lipinski definition) is 11. The Kier molecular flexibility index (Phi) is 9.16. The summed E-state index contributed by atoms with van der Waals surface area (Å²) >= 11 is 1.28. The van der Waals surface area contributed by atoms with Crippen molar-refractivity contribution < 1.29 is 24.3 Å². The summed E-state index contributed by atoms with van der Waals surface area (Å²) in [5, 5.41) is 34.3. The predicted molar refractivity (Wildman–Crippen MR) is 182 cm³/mol. The number of benzene rings is 4. The van der Waals surface area contributed by atoms with E-state index < -0.39 is 10.9 Å². The maximum absolute atomic E-state index is 12.1. The van der Waals surface area contributed by atoms with Crippen molar-refractivity contribution in [2.24, 2.45) is 5.10 Å². The molecule has 6 aromatic rings. The maximum atomic E-state index is 12.1. The van der Waals surface area contributed by atoms with Gasteiger partial charge in [0, 0.05) is 29.2 Å². The van der Waals surface area contributed by atoms with Crippen LogP contribution in [0.5, 0.6) is 11.5 Å². The Morgan fingerprint density at radius 3 is 2.17 bits per heavy atom. The summed E-state index contributed by atoms with van der Waals surface area (Å²) in [6.45, 7) is 0. The molecule has 0 bridgehead atoms. The Morgan fingerprint density at radius 2 is 1.54 bits per heavy atom. The largest absolute Gasteiger partial charge is 0.497 e. The second-order valence-electron chi connectivity index (χ2n) is 10.3. The summed E-state index contributed by atoms with van der Waals surface area (Å²) in [6, 6.07) is 28.7. The van der Waals surface area contributed by atoms with Crippen molar-refractivity contribution in [2.75, 3.05) is 19.6 Å². The lowest BCUT2D eigenvalue weighted by Crippen LogP contribution is -2.18. The Hall–Kier alpha value is -6.41. The monoisotopic (exact) mass is 661 g/mol. The van der Waals surface area contributed by atoms with Gasteiger partial charge in [0.05, 0.1) is 41.6 Å². The molecule has 0 spiro atoms. The highest BCUT2D eigenvalue weighted by molar-refractivity contribution is 7.19. The van der Waals surface area contributed by atoms with Crippen LogP contribution in [0.3, 0.4) is 0 Å². The lowest BCUT2D eigenvalue weighted by Gasteiger charge is -2.06. The van der Waals surface area contributed by atoms with Crippen LogP contribution in [0.25, 0.3) is 38.6 Å². The smallest absolute Gasteiger partial charge is 0.352 e. The Morgan fingerprint density at radius 1 is 0.917 bits per heavy atom. The SMILES string of the molecule is COc1ccc(-c2cn(-c3ccc(-c4sc(NN=C(Cc5ccccc5[N+](=O)[O-])C(=O)O)nc4-c4ccc(OC)cc4)cc3)nn2)cc1. The lowest BCUT2D eigenvalue weighted by atomic mass is 10.1. The van der Waals surface area contributed by atoms with Crippen molar-refractivity contribution in [3.8, 4) is 50.1 Å².